The molecule has 0 fully saturated rings. The molecular weight excluding hydrogens is 446 g/mol. The maximum atomic E-state index is 12.8. The Bertz CT molecular complexity index is 1150. The Morgan fingerprint density at radius 2 is 1.69 bits per heavy atom. The molecule has 9 heteroatoms. The topological polar surface area (TPSA) is 95.6 Å². The lowest BCUT2D eigenvalue weighted by Crippen LogP contribution is -2.29. The average Bonchev–Trinajstić information content (AvgIpc) is 3.29. The third-order valence-corrected chi connectivity index (χ3v) is 7.55. The Morgan fingerprint density at radius 1 is 1.00 bits per heavy atom. The van der Waals surface area contributed by atoms with Crippen LogP contribution in [0.4, 0.5) is 5.69 Å². The molecule has 32 heavy (non-hydrogen) atoms. The van der Waals surface area contributed by atoms with Gasteiger partial charge >= 0.3 is 0 Å². The van der Waals surface area contributed by atoms with Crippen molar-refractivity contribution in [1.82, 2.24) is 9.62 Å². The summed E-state index contributed by atoms with van der Waals surface area (Å²) in [5.41, 5.74) is 1.37. The van der Waals surface area contributed by atoms with Crippen molar-refractivity contribution >= 4 is 38.9 Å². The Balaban J connectivity index is 1.64. The molecule has 168 valence electrons. The molecule has 0 spiro atoms. The van der Waals surface area contributed by atoms with E-state index in [0.29, 0.717) is 5.69 Å². The summed E-state index contributed by atoms with van der Waals surface area (Å²) in [6.45, 7) is 1.67. The molecule has 0 bridgehead atoms. The standard InChI is InChI=1S/C23H25N3O4S2/c1-17(27)24-21(22-9-6-14-31-22)15-23(28)25-19-10-12-20(13-11-19)32(29,30)26(2)16-18-7-4-3-5-8-18/h3-14,21H,15-16H2,1-2H3,(H,24,27)(H,25,28). The van der Waals surface area contributed by atoms with Crippen molar-refractivity contribution in [3.05, 3.63) is 82.6 Å². The number of nitrogens with zero attached hydrogens (tertiary/aromatic N) is 1. The summed E-state index contributed by atoms with van der Waals surface area (Å²) in [7, 11) is -2.14. The molecule has 0 aliphatic carbocycles. The SMILES string of the molecule is CC(=O)NC(CC(=O)Nc1ccc(S(=O)(=O)N(C)Cc2ccccc2)cc1)c1cccs1. The van der Waals surface area contributed by atoms with Gasteiger partial charge in [-0.2, -0.15) is 4.31 Å². The minimum Gasteiger partial charge on any atom is -0.348 e. The van der Waals surface area contributed by atoms with Gasteiger partial charge in [0.2, 0.25) is 21.8 Å². The highest BCUT2D eigenvalue weighted by Crippen LogP contribution is 2.23. The third-order valence-electron chi connectivity index (χ3n) is 4.75. The number of hydrogen-bond acceptors (Lipinski definition) is 5. The van der Waals surface area contributed by atoms with Crippen LogP contribution in [0.5, 0.6) is 0 Å². The van der Waals surface area contributed by atoms with Gasteiger partial charge in [0.25, 0.3) is 0 Å². The van der Waals surface area contributed by atoms with Crippen LogP contribution in [0.15, 0.2) is 77.0 Å². The largest absolute Gasteiger partial charge is 0.348 e. The van der Waals surface area contributed by atoms with E-state index in [1.807, 2.05) is 47.8 Å². The van der Waals surface area contributed by atoms with Crippen LogP contribution in [0.25, 0.3) is 0 Å². The summed E-state index contributed by atoms with van der Waals surface area (Å²) < 4.78 is 27.0. The van der Waals surface area contributed by atoms with Crippen molar-refractivity contribution in [2.45, 2.75) is 30.8 Å². The molecule has 2 N–H and O–H groups in total. The van der Waals surface area contributed by atoms with E-state index in [2.05, 4.69) is 10.6 Å². The fourth-order valence-corrected chi connectivity index (χ4v) is 5.11. The highest BCUT2D eigenvalue weighted by Gasteiger charge is 2.21. The Kier molecular flexibility index (Phi) is 7.79. The van der Waals surface area contributed by atoms with Crippen molar-refractivity contribution in [1.29, 1.82) is 0 Å². The number of nitrogens with one attached hydrogen (secondary N) is 2. The van der Waals surface area contributed by atoms with Crippen LogP contribution < -0.4 is 10.6 Å². The second kappa shape index (κ2) is 10.5. The molecule has 0 aliphatic heterocycles. The van der Waals surface area contributed by atoms with Crippen LogP contribution in [-0.4, -0.2) is 31.6 Å². The Morgan fingerprint density at radius 3 is 2.28 bits per heavy atom. The summed E-state index contributed by atoms with van der Waals surface area (Å²) >= 11 is 1.46. The second-order valence-corrected chi connectivity index (χ2v) is 10.3. The van der Waals surface area contributed by atoms with Crippen LogP contribution in [0.2, 0.25) is 0 Å². The van der Waals surface area contributed by atoms with Gasteiger partial charge in [-0.3, -0.25) is 9.59 Å². The summed E-state index contributed by atoms with van der Waals surface area (Å²) in [6.07, 6.45) is 0.0694. The second-order valence-electron chi connectivity index (χ2n) is 7.29. The predicted molar refractivity (Wildman–Crippen MR) is 126 cm³/mol. The molecule has 0 radical (unpaired) electrons. The number of sulfonamides is 1. The van der Waals surface area contributed by atoms with E-state index in [9.17, 15) is 18.0 Å². The van der Waals surface area contributed by atoms with Gasteiger partial charge in [-0.25, -0.2) is 8.42 Å². The van der Waals surface area contributed by atoms with Crippen LogP contribution in [0, 0.1) is 0 Å². The predicted octanol–water partition coefficient (Wildman–Crippen LogP) is 3.77. The zero-order chi connectivity index (χ0) is 23.1. The van der Waals surface area contributed by atoms with E-state index < -0.39 is 16.1 Å². The van der Waals surface area contributed by atoms with E-state index in [0.717, 1.165) is 10.4 Å². The number of amides is 2. The van der Waals surface area contributed by atoms with Gasteiger partial charge in [0.15, 0.2) is 0 Å². The van der Waals surface area contributed by atoms with E-state index >= 15 is 0 Å². The third kappa shape index (κ3) is 6.25. The van der Waals surface area contributed by atoms with Crippen molar-refractivity contribution < 1.29 is 18.0 Å². The molecule has 2 aromatic carbocycles. The van der Waals surface area contributed by atoms with E-state index in [-0.39, 0.29) is 29.7 Å². The van der Waals surface area contributed by atoms with Gasteiger partial charge in [0.05, 0.1) is 17.4 Å². The molecule has 1 aromatic heterocycles. The normalized spacial score (nSPS) is 12.3. The van der Waals surface area contributed by atoms with Gasteiger partial charge in [0, 0.05) is 31.1 Å². The first-order valence-corrected chi connectivity index (χ1v) is 12.3. The first-order chi connectivity index (χ1) is 15.3. The summed E-state index contributed by atoms with van der Waals surface area (Å²) in [4.78, 5) is 25.0. The van der Waals surface area contributed by atoms with Gasteiger partial charge < -0.3 is 10.6 Å². The molecule has 3 aromatic rings. The minimum atomic E-state index is -3.67. The van der Waals surface area contributed by atoms with Crippen molar-refractivity contribution in [3.63, 3.8) is 0 Å². The molecular formula is C23H25N3O4S2. The lowest BCUT2D eigenvalue weighted by atomic mass is 10.1. The average molecular weight is 472 g/mol. The number of anilines is 1. The molecule has 0 saturated heterocycles. The molecule has 1 unspecified atom stereocenters. The molecule has 1 heterocycles. The van der Waals surface area contributed by atoms with Gasteiger partial charge in [0.1, 0.15) is 0 Å². The Hall–Kier alpha value is -3.01. The fourth-order valence-electron chi connectivity index (χ4n) is 3.17. The van der Waals surface area contributed by atoms with Crippen molar-refractivity contribution in [2.24, 2.45) is 0 Å². The molecule has 7 nitrogen and oxygen atoms in total. The van der Waals surface area contributed by atoms with Crippen LogP contribution in [-0.2, 0) is 26.2 Å². The number of carbonyl (C=O) groups is 2. The number of rotatable bonds is 9. The highest BCUT2D eigenvalue weighted by molar-refractivity contribution is 7.89. The highest BCUT2D eigenvalue weighted by atomic mass is 32.2. The zero-order valence-corrected chi connectivity index (χ0v) is 19.4. The minimum absolute atomic E-state index is 0.0694. The quantitative estimate of drug-likeness (QED) is 0.497. The number of thiophene rings is 1. The summed E-state index contributed by atoms with van der Waals surface area (Å²) in [5.74, 6) is -0.501. The number of carbonyl (C=O) groups excluding carboxylic acids is 2. The molecule has 0 aliphatic rings. The molecule has 3 rings (SSSR count). The summed E-state index contributed by atoms with van der Waals surface area (Å²) in [6, 6.07) is 18.7. The number of hydrogen-bond donors (Lipinski definition) is 2. The van der Waals surface area contributed by atoms with Crippen molar-refractivity contribution in [3.8, 4) is 0 Å². The van der Waals surface area contributed by atoms with Crippen LogP contribution in [0.1, 0.15) is 29.8 Å². The van der Waals surface area contributed by atoms with E-state index in [1.54, 1.807) is 12.1 Å². The maximum absolute atomic E-state index is 12.8. The van der Waals surface area contributed by atoms with Crippen molar-refractivity contribution in [2.75, 3.05) is 12.4 Å². The monoisotopic (exact) mass is 471 g/mol. The number of benzene rings is 2. The molecule has 2 amide bonds. The van der Waals surface area contributed by atoms with E-state index in [4.69, 9.17) is 0 Å². The van der Waals surface area contributed by atoms with Gasteiger partial charge in [-0.15, -0.1) is 11.3 Å². The fraction of sp³-hybridized carbons (Fsp3) is 0.217. The van der Waals surface area contributed by atoms with Crippen LogP contribution >= 0.6 is 11.3 Å². The molecule has 1 atom stereocenters. The molecule has 0 saturated carbocycles. The zero-order valence-electron chi connectivity index (χ0n) is 17.8. The first kappa shape index (κ1) is 23.6. The van der Waals surface area contributed by atoms with E-state index in [1.165, 1.54) is 41.7 Å². The van der Waals surface area contributed by atoms with Gasteiger partial charge in [-0.1, -0.05) is 36.4 Å². The lowest BCUT2D eigenvalue weighted by molar-refractivity contribution is -0.120. The smallest absolute Gasteiger partial charge is 0.243 e. The van der Waals surface area contributed by atoms with Gasteiger partial charge in [-0.05, 0) is 41.3 Å². The lowest BCUT2D eigenvalue weighted by Gasteiger charge is -2.18. The Labute approximate surface area is 192 Å². The maximum Gasteiger partial charge on any atom is 0.243 e. The van der Waals surface area contributed by atoms with Crippen LogP contribution in [0.3, 0.4) is 0 Å². The summed E-state index contributed by atoms with van der Waals surface area (Å²) in [5, 5.41) is 7.43. The first-order valence-electron chi connectivity index (χ1n) is 9.96.